The standard InChI is InChI=1S/C17H25O4/c1-4-6-7-8-10-14(3)20-21-17(18)15-11-9-12-16(13-15)19-5-2/h9,11-13H,4-8,10H2,1-3H3. The molecule has 1 radical (unpaired) electrons. The van der Waals surface area contributed by atoms with Gasteiger partial charge in [-0.15, -0.1) is 0 Å². The van der Waals surface area contributed by atoms with Crippen molar-refractivity contribution in [1.29, 1.82) is 0 Å². The molecule has 0 N–H and O–H groups in total. The minimum absolute atomic E-state index is 0.416. The second-order valence-electron chi connectivity index (χ2n) is 4.93. The van der Waals surface area contributed by atoms with E-state index in [2.05, 4.69) is 6.92 Å². The van der Waals surface area contributed by atoms with E-state index in [1.54, 1.807) is 24.3 Å². The van der Waals surface area contributed by atoms with E-state index in [0.29, 0.717) is 17.9 Å². The summed E-state index contributed by atoms with van der Waals surface area (Å²) in [6.07, 6.45) is 6.17. The van der Waals surface area contributed by atoms with Gasteiger partial charge in [-0.2, -0.15) is 4.89 Å². The van der Waals surface area contributed by atoms with Crippen molar-refractivity contribution in [2.24, 2.45) is 0 Å². The van der Waals surface area contributed by atoms with E-state index in [9.17, 15) is 4.79 Å². The summed E-state index contributed by atoms with van der Waals surface area (Å²) in [4.78, 5) is 21.8. The van der Waals surface area contributed by atoms with Gasteiger partial charge in [-0.25, -0.2) is 4.79 Å². The van der Waals surface area contributed by atoms with Gasteiger partial charge < -0.3 is 4.74 Å². The van der Waals surface area contributed by atoms with E-state index in [1.165, 1.54) is 19.3 Å². The van der Waals surface area contributed by atoms with Gasteiger partial charge in [-0.05, 0) is 38.5 Å². The van der Waals surface area contributed by atoms with Crippen LogP contribution >= 0.6 is 0 Å². The maximum atomic E-state index is 11.9. The lowest BCUT2D eigenvalue weighted by Crippen LogP contribution is -2.09. The fraction of sp³-hybridized carbons (Fsp3) is 0.529. The first-order valence-corrected chi connectivity index (χ1v) is 7.61. The van der Waals surface area contributed by atoms with Gasteiger partial charge >= 0.3 is 5.97 Å². The molecule has 0 aromatic heterocycles. The maximum Gasteiger partial charge on any atom is 0.373 e. The van der Waals surface area contributed by atoms with E-state index in [-0.39, 0.29) is 0 Å². The lowest BCUT2D eigenvalue weighted by molar-refractivity contribution is -0.233. The zero-order valence-corrected chi connectivity index (χ0v) is 13.2. The molecule has 0 spiro atoms. The lowest BCUT2D eigenvalue weighted by atomic mass is 10.1. The fourth-order valence-electron chi connectivity index (χ4n) is 1.88. The number of benzene rings is 1. The molecule has 0 saturated heterocycles. The third kappa shape index (κ3) is 7.14. The van der Waals surface area contributed by atoms with Crippen LogP contribution in [0.25, 0.3) is 0 Å². The van der Waals surface area contributed by atoms with Crippen molar-refractivity contribution in [2.45, 2.75) is 52.9 Å². The average Bonchev–Trinajstić information content (AvgIpc) is 2.50. The monoisotopic (exact) mass is 293 g/mol. The highest BCUT2D eigenvalue weighted by atomic mass is 17.2. The summed E-state index contributed by atoms with van der Waals surface area (Å²) in [5.41, 5.74) is 0.416. The first kappa shape index (κ1) is 17.5. The van der Waals surface area contributed by atoms with Crippen LogP contribution < -0.4 is 4.74 Å². The van der Waals surface area contributed by atoms with E-state index in [0.717, 1.165) is 18.9 Å². The molecule has 0 heterocycles. The molecule has 1 rings (SSSR count). The summed E-state index contributed by atoms with van der Waals surface area (Å²) in [7, 11) is 0. The van der Waals surface area contributed by atoms with Crippen LogP contribution in [-0.4, -0.2) is 12.6 Å². The molecule has 0 aliphatic heterocycles. The van der Waals surface area contributed by atoms with E-state index < -0.39 is 5.97 Å². The molecule has 4 heteroatoms. The number of unbranched alkanes of at least 4 members (excludes halogenated alkanes) is 3. The van der Waals surface area contributed by atoms with Gasteiger partial charge in [0, 0.05) is 0 Å². The molecule has 0 aliphatic rings. The molecule has 117 valence electrons. The number of carbonyl (C=O) groups is 1. The van der Waals surface area contributed by atoms with Crippen LogP contribution in [0.3, 0.4) is 0 Å². The summed E-state index contributed by atoms with van der Waals surface area (Å²) in [5.74, 6) is 0.136. The van der Waals surface area contributed by atoms with Gasteiger partial charge in [0.05, 0.1) is 12.2 Å². The highest BCUT2D eigenvalue weighted by Crippen LogP contribution is 2.17. The summed E-state index contributed by atoms with van der Waals surface area (Å²) in [5, 5.41) is 0. The second kappa shape index (κ2) is 10.2. The first-order valence-electron chi connectivity index (χ1n) is 7.61. The molecule has 1 aromatic rings. The third-order valence-corrected chi connectivity index (χ3v) is 3.02. The van der Waals surface area contributed by atoms with Crippen molar-refractivity contribution < 1.29 is 19.3 Å². The Morgan fingerprint density at radius 1 is 1.10 bits per heavy atom. The van der Waals surface area contributed by atoms with Gasteiger partial charge in [0.1, 0.15) is 11.9 Å². The predicted octanol–water partition coefficient (Wildman–Crippen LogP) is 4.70. The number of carbonyl (C=O) groups excluding carboxylic acids is 1. The number of hydrogen-bond acceptors (Lipinski definition) is 4. The minimum Gasteiger partial charge on any atom is -0.494 e. The first-order chi connectivity index (χ1) is 10.2. The predicted molar refractivity (Wildman–Crippen MR) is 81.8 cm³/mol. The Labute approximate surface area is 127 Å². The Balaban J connectivity index is 2.34. The van der Waals surface area contributed by atoms with Crippen LogP contribution in [0.2, 0.25) is 0 Å². The van der Waals surface area contributed by atoms with E-state index in [4.69, 9.17) is 14.5 Å². The summed E-state index contributed by atoms with van der Waals surface area (Å²) >= 11 is 0. The van der Waals surface area contributed by atoms with Gasteiger partial charge in [0.15, 0.2) is 0 Å². The van der Waals surface area contributed by atoms with Gasteiger partial charge in [0.25, 0.3) is 0 Å². The molecular formula is C17H25O4. The van der Waals surface area contributed by atoms with Gasteiger partial charge in [0.2, 0.25) is 0 Å². The quantitative estimate of drug-likeness (QED) is 0.356. The SMILES string of the molecule is CCCCCC[C](C)OOC(=O)c1cccc(OCC)c1. The summed E-state index contributed by atoms with van der Waals surface area (Å²) in [6, 6.07) is 6.87. The van der Waals surface area contributed by atoms with Crippen LogP contribution in [0.4, 0.5) is 0 Å². The highest BCUT2D eigenvalue weighted by molar-refractivity contribution is 5.89. The van der Waals surface area contributed by atoms with Crippen molar-refractivity contribution in [2.75, 3.05) is 6.61 Å². The molecule has 21 heavy (non-hydrogen) atoms. The number of hydrogen-bond donors (Lipinski definition) is 0. The van der Waals surface area contributed by atoms with Crippen molar-refractivity contribution in [3.8, 4) is 5.75 Å². The normalized spacial score (nSPS) is 10.7. The van der Waals surface area contributed by atoms with Crippen LogP contribution in [0.15, 0.2) is 24.3 Å². The smallest absolute Gasteiger partial charge is 0.373 e. The average molecular weight is 293 g/mol. The van der Waals surface area contributed by atoms with Crippen LogP contribution in [0.5, 0.6) is 5.75 Å². The Morgan fingerprint density at radius 3 is 2.62 bits per heavy atom. The highest BCUT2D eigenvalue weighted by Gasteiger charge is 2.12. The van der Waals surface area contributed by atoms with Crippen molar-refractivity contribution in [3.05, 3.63) is 35.9 Å². The Morgan fingerprint density at radius 2 is 1.90 bits per heavy atom. The minimum atomic E-state index is -0.510. The number of rotatable bonds is 10. The van der Waals surface area contributed by atoms with Gasteiger partial charge in [-0.3, -0.25) is 4.89 Å². The third-order valence-electron chi connectivity index (χ3n) is 3.02. The molecule has 4 nitrogen and oxygen atoms in total. The Bertz CT molecular complexity index is 417. The molecule has 0 aliphatic carbocycles. The zero-order valence-electron chi connectivity index (χ0n) is 13.2. The molecule has 0 atom stereocenters. The molecule has 0 unspecified atom stereocenters. The van der Waals surface area contributed by atoms with Crippen molar-refractivity contribution in [3.63, 3.8) is 0 Å². The van der Waals surface area contributed by atoms with E-state index >= 15 is 0 Å². The molecule has 0 fully saturated rings. The maximum absolute atomic E-state index is 11.9. The Kier molecular flexibility index (Phi) is 8.51. The van der Waals surface area contributed by atoms with Crippen LogP contribution in [0.1, 0.15) is 63.2 Å². The van der Waals surface area contributed by atoms with Crippen molar-refractivity contribution in [1.82, 2.24) is 0 Å². The second-order valence-corrected chi connectivity index (χ2v) is 4.93. The number of ether oxygens (including phenoxy) is 1. The Hall–Kier alpha value is -1.55. The zero-order chi connectivity index (χ0) is 15.5. The molecule has 0 amide bonds. The van der Waals surface area contributed by atoms with Crippen LogP contribution in [0, 0.1) is 6.10 Å². The molecule has 1 aromatic carbocycles. The van der Waals surface area contributed by atoms with Crippen molar-refractivity contribution >= 4 is 5.97 Å². The van der Waals surface area contributed by atoms with Crippen LogP contribution in [-0.2, 0) is 9.78 Å². The summed E-state index contributed by atoms with van der Waals surface area (Å²) < 4.78 is 5.34. The molecule has 0 bridgehead atoms. The topological polar surface area (TPSA) is 44.8 Å². The molecule has 0 saturated carbocycles. The fourth-order valence-corrected chi connectivity index (χ4v) is 1.88. The lowest BCUT2D eigenvalue weighted by Gasteiger charge is -2.10. The largest absolute Gasteiger partial charge is 0.494 e. The van der Waals surface area contributed by atoms with E-state index in [1.807, 2.05) is 13.8 Å². The molecular weight excluding hydrogens is 268 g/mol. The summed E-state index contributed by atoms with van der Waals surface area (Å²) in [6.45, 7) is 6.45. The van der Waals surface area contributed by atoms with Gasteiger partial charge in [-0.1, -0.05) is 38.7 Å².